The fourth-order valence-electron chi connectivity index (χ4n) is 2.58. The number of carbonyl (C=O) groups is 3. The second kappa shape index (κ2) is 11.6. The molecule has 0 spiro atoms. The number of benzene rings is 2. The fraction of sp³-hybridized carbons (Fsp3) is 0.190. The molecule has 0 aromatic heterocycles. The Morgan fingerprint density at radius 2 is 1.62 bits per heavy atom. The average Bonchev–Trinajstić information content (AvgIpc) is 2.67. The molecule has 5 N–H and O–H groups in total. The first kappa shape index (κ1) is 23.9. The van der Waals surface area contributed by atoms with Crippen molar-refractivity contribution < 1.29 is 24.6 Å². The van der Waals surface area contributed by atoms with E-state index in [1.54, 1.807) is 0 Å². The molecule has 0 fully saturated rings. The lowest BCUT2D eigenvalue weighted by molar-refractivity contribution is -0.134. The minimum atomic E-state index is -1.26. The van der Waals surface area contributed by atoms with Gasteiger partial charge in [-0.2, -0.15) is 0 Å². The normalized spacial score (nSPS) is 12.4. The molecule has 0 saturated carbocycles. The molecule has 1 atom stereocenters. The number of hydrogen-bond acceptors (Lipinski definition) is 4. The highest BCUT2D eigenvalue weighted by Crippen LogP contribution is 2.26. The number of aliphatic carboxylic acids is 2. The van der Waals surface area contributed by atoms with E-state index >= 15 is 0 Å². The molecule has 2 aromatic rings. The van der Waals surface area contributed by atoms with Crippen molar-refractivity contribution in [1.29, 1.82) is 0 Å². The summed E-state index contributed by atoms with van der Waals surface area (Å²) in [5, 5.41) is 19.3. The summed E-state index contributed by atoms with van der Waals surface area (Å²) in [6, 6.07) is 17.5. The summed E-state index contributed by atoms with van der Waals surface area (Å²) in [6.45, 7) is 1.97. The lowest BCUT2D eigenvalue weighted by Gasteiger charge is -2.32. The number of carboxylic acids is 2. The van der Waals surface area contributed by atoms with Crippen LogP contribution in [0.15, 0.2) is 66.7 Å². The number of nitrogens with two attached hydrogens (primary N) is 1. The van der Waals surface area contributed by atoms with Crippen LogP contribution in [0.2, 0.25) is 5.02 Å². The third-order valence-corrected chi connectivity index (χ3v) is 4.06. The Hall–Kier alpha value is -3.16. The van der Waals surface area contributed by atoms with Gasteiger partial charge in [-0.1, -0.05) is 54.1 Å². The Morgan fingerprint density at radius 3 is 2.10 bits per heavy atom. The predicted octanol–water partition coefficient (Wildman–Crippen LogP) is 2.58. The molecular formula is C21H23ClN2O5. The number of halogens is 1. The van der Waals surface area contributed by atoms with Gasteiger partial charge >= 0.3 is 11.9 Å². The van der Waals surface area contributed by atoms with Crippen LogP contribution in [-0.4, -0.2) is 34.6 Å². The molecule has 0 radical (unpaired) electrons. The van der Waals surface area contributed by atoms with Gasteiger partial charge in [-0.15, -0.1) is 0 Å². The molecule has 1 unspecified atom stereocenters. The Balaban J connectivity index is 0.000000447. The average molecular weight is 419 g/mol. The molecule has 7 nitrogen and oxygen atoms in total. The summed E-state index contributed by atoms with van der Waals surface area (Å²) in [4.78, 5) is 30.9. The molecule has 1 amide bonds. The number of amides is 1. The minimum Gasteiger partial charge on any atom is -0.478 e. The van der Waals surface area contributed by atoms with Crippen LogP contribution in [0.3, 0.4) is 0 Å². The summed E-state index contributed by atoms with van der Waals surface area (Å²) in [6.07, 6.45) is 1.76. The summed E-state index contributed by atoms with van der Waals surface area (Å²) < 4.78 is 0. The van der Waals surface area contributed by atoms with E-state index in [4.69, 9.17) is 27.5 Å². The van der Waals surface area contributed by atoms with E-state index in [1.165, 1.54) is 0 Å². The van der Waals surface area contributed by atoms with Crippen LogP contribution < -0.4 is 11.1 Å². The van der Waals surface area contributed by atoms with Crippen molar-refractivity contribution >= 4 is 29.4 Å². The first-order valence-electron chi connectivity index (χ1n) is 8.61. The van der Waals surface area contributed by atoms with E-state index in [-0.39, 0.29) is 12.5 Å². The van der Waals surface area contributed by atoms with E-state index < -0.39 is 17.5 Å². The van der Waals surface area contributed by atoms with Crippen molar-refractivity contribution in [3.8, 4) is 0 Å². The van der Waals surface area contributed by atoms with Crippen molar-refractivity contribution in [3.05, 3.63) is 82.9 Å². The summed E-state index contributed by atoms with van der Waals surface area (Å²) in [7, 11) is 0. The molecule has 154 valence electrons. The zero-order valence-corrected chi connectivity index (χ0v) is 16.6. The van der Waals surface area contributed by atoms with Crippen molar-refractivity contribution in [2.24, 2.45) is 5.73 Å². The van der Waals surface area contributed by atoms with Crippen molar-refractivity contribution in [2.75, 3.05) is 6.54 Å². The predicted molar refractivity (Wildman–Crippen MR) is 111 cm³/mol. The van der Waals surface area contributed by atoms with Crippen molar-refractivity contribution in [1.82, 2.24) is 5.32 Å². The minimum absolute atomic E-state index is 0.0298. The molecule has 0 saturated heterocycles. The summed E-state index contributed by atoms with van der Waals surface area (Å²) >= 11 is 6.05. The highest BCUT2D eigenvalue weighted by atomic mass is 35.5. The first-order chi connectivity index (χ1) is 13.7. The zero-order chi connectivity index (χ0) is 21.9. The number of carbonyl (C=O) groups excluding carboxylic acids is 1. The maximum absolute atomic E-state index is 11.8. The van der Waals surface area contributed by atoms with Crippen LogP contribution in [0.4, 0.5) is 0 Å². The first-order valence-corrected chi connectivity index (χ1v) is 8.99. The highest BCUT2D eigenvalue weighted by Gasteiger charge is 2.28. The molecule has 8 heteroatoms. The maximum Gasteiger partial charge on any atom is 0.328 e. The van der Waals surface area contributed by atoms with E-state index in [9.17, 15) is 14.4 Å². The quantitative estimate of drug-likeness (QED) is 0.511. The van der Waals surface area contributed by atoms with Crippen LogP contribution in [0.5, 0.6) is 0 Å². The van der Waals surface area contributed by atoms with Gasteiger partial charge < -0.3 is 21.3 Å². The second-order valence-electron chi connectivity index (χ2n) is 6.27. The molecule has 0 heterocycles. The Kier molecular flexibility index (Phi) is 9.58. The SMILES string of the molecule is CC(Cc1cccc(Cl)c1)(NC(=O)CN)c1ccccc1.O=C(O)/C=C\C(=O)O. The van der Waals surface area contributed by atoms with Crippen molar-refractivity contribution in [3.63, 3.8) is 0 Å². The molecule has 0 aliphatic rings. The highest BCUT2D eigenvalue weighted by molar-refractivity contribution is 6.30. The van der Waals surface area contributed by atoms with E-state index in [0.29, 0.717) is 23.6 Å². The molecule has 29 heavy (non-hydrogen) atoms. The fourth-order valence-corrected chi connectivity index (χ4v) is 2.79. The standard InChI is InChI=1S/C17H19ClN2O.C4H4O4/c1-17(20-16(21)12-19,14-7-3-2-4-8-14)11-13-6-5-9-15(18)10-13;5-3(6)1-2-4(7)8/h2-10H,11-12,19H2,1H3,(H,20,21);1-2H,(H,5,6)(H,7,8)/b;2-1-. The lowest BCUT2D eigenvalue weighted by atomic mass is 9.85. The second-order valence-corrected chi connectivity index (χ2v) is 6.70. The number of nitrogens with one attached hydrogen (secondary N) is 1. The van der Waals surface area contributed by atoms with Crippen LogP contribution in [-0.2, 0) is 26.3 Å². The Bertz CT molecular complexity index is 854. The van der Waals surface area contributed by atoms with Gasteiger partial charge in [-0.25, -0.2) is 9.59 Å². The summed E-state index contributed by atoms with van der Waals surface area (Å²) in [5.74, 6) is -2.69. The van der Waals surface area contributed by atoms with Crippen LogP contribution >= 0.6 is 11.6 Å². The van der Waals surface area contributed by atoms with Crippen LogP contribution in [0, 0.1) is 0 Å². The van der Waals surface area contributed by atoms with Gasteiger partial charge in [0.15, 0.2) is 0 Å². The van der Waals surface area contributed by atoms with Gasteiger partial charge in [-0.05, 0) is 36.6 Å². The monoisotopic (exact) mass is 418 g/mol. The third kappa shape index (κ3) is 9.05. The molecule has 0 aliphatic carbocycles. The number of carboxylic acid groups (broad SMARTS) is 2. The lowest BCUT2D eigenvalue weighted by Crippen LogP contribution is -2.47. The Labute approximate surface area is 173 Å². The molecular weight excluding hydrogens is 396 g/mol. The molecule has 2 aromatic carbocycles. The largest absolute Gasteiger partial charge is 0.478 e. The number of rotatable bonds is 7. The molecule has 2 rings (SSSR count). The van der Waals surface area contributed by atoms with Gasteiger partial charge in [-0.3, -0.25) is 4.79 Å². The van der Waals surface area contributed by atoms with E-state index in [0.717, 1.165) is 11.1 Å². The smallest absolute Gasteiger partial charge is 0.328 e. The van der Waals surface area contributed by atoms with Gasteiger partial charge in [0.1, 0.15) is 0 Å². The molecule has 0 aliphatic heterocycles. The third-order valence-electron chi connectivity index (χ3n) is 3.83. The van der Waals surface area contributed by atoms with Gasteiger partial charge in [0.05, 0.1) is 12.1 Å². The van der Waals surface area contributed by atoms with E-state index in [2.05, 4.69) is 5.32 Å². The zero-order valence-electron chi connectivity index (χ0n) is 15.8. The molecule has 0 bridgehead atoms. The van der Waals surface area contributed by atoms with Crippen molar-refractivity contribution in [2.45, 2.75) is 18.9 Å². The van der Waals surface area contributed by atoms with Crippen LogP contribution in [0.25, 0.3) is 0 Å². The summed E-state index contributed by atoms with van der Waals surface area (Å²) in [5.41, 5.74) is 7.01. The van der Waals surface area contributed by atoms with Crippen LogP contribution in [0.1, 0.15) is 18.1 Å². The Morgan fingerprint density at radius 1 is 1.03 bits per heavy atom. The number of hydrogen-bond donors (Lipinski definition) is 4. The van der Waals surface area contributed by atoms with Gasteiger partial charge in [0, 0.05) is 17.2 Å². The van der Waals surface area contributed by atoms with Gasteiger partial charge in [0.2, 0.25) is 5.91 Å². The van der Waals surface area contributed by atoms with Gasteiger partial charge in [0.25, 0.3) is 0 Å². The maximum atomic E-state index is 11.8. The topological polar surface area (TPSA) is 130 Å². The van der Waals surface area contributed by atoms with E-state index in [1.807, 2.05) is 61.5 Å².